The summed E-state index contributed by atoms with van der Waals surface area (Å²) in [4.78, 5) is 13.2. The zero-order chi connectivity index (χ0) is 11.9. The van der Waals surface area contributed by atoms with Crippen molar-refractivity contribution in [2.24, 2.45) is 0 Å². The molecule has 0 aromatic heterocycles. The normalized spacial score (nSPS) is 15.0. The minimum absolute atomic E-state index is 0.134. The number of halogens is 3. The lowest BCUT2D eigenvalue weighted by Crippen LogP contribution is -2.30. The van der Waals surface area contributed by atoms with E-state index in [1.54, 1.807) is 7.05 Å². The van der Waals surface area contributed by atoms with Crippen molar-refractivity contribution in [1.82, 2.24) is 4.90 Å². The SMILES string of the molecule is CN(C(=O)c1c(F)cc(Br)cc1F)C1CC1. The van der Waals surface area contributed by atoms with Crippen molar-refractivity contribution in [2.75, 3.05) is 7.05 Å². The van der Waals surface area contributed by atoms with Gasteiger partial charge in [-0.05, 0) is 25.0 Å². The van der Waals surface area contributed by atoms with E-state index in [2.05, 4.69) is 15.9 Å². The third-order valence-electron chi connectivity index (χ3n) is 2.64. The van der Waals surface area contributed by atoms with Crippen molar-refractivity contribution < 1.29 is 13.6 Å². The molecule has 2 nitrogen and oxygen atoms in total. The molecule has 1 fully saturated rings. The van der Waals surface area contributed by atoms with Gasteiger partial charge in [-0.25, -0.2) is 8.78 Å². The van der Waals surface area contributed by atoms with E-state index in [9.17, 15) is 13.6 Å². The van der Waals surface area contributed by atoms with Gasteiger partial charge in [0.05, 0.1) is 0 Å². The van der Waals surface area contributed by atoms with Gasteiger partial charge < -0.3 is 4.90 Å². The molecule has 0 unspecified atom stereocenters. The number of amides is 1. The molecule has 0 saturated heterocycles. The molecule has 0 spiro atoms. The van der Waals surface area contributed by atoms with Crippen LogP contribution in [0.2, 0.25) is 0 Å². The third kappa shape index (κ3) is 2.09. The number of hydrogen-bond acceptors (Lipinski definition) is 1. The van der Waals surface area contributed by atoms with Crippen molar-refractivity contribution in [3.63, 3.8) is 0 Å². The fourth-order valence-electron chi connectivity index (χ4n) is 1.55. The van der Waals surface area contributed by atoms with Gasteiger partial charge in [0.25, 0.3) is 5.91 Å². The summed E-state index contributed by atoms with van der Waals surface area (Å²) in [5.74, 6) is -2.25. The lowest BCUT2D eigenvalue weighted by Gasteiger charge is -2.17. The van der Waals surface area contributed by atoms with Crippen LogP contribution in [-0.4, -0.2) is 23.9 Å². The van der Waals surface area contributed by atoms with Crippen LogP contribution in [0.15, 0.2) is 16.6 Å². The molecule has 16 heavy (non-hydrogen) atoms. The molecule has 1 amide bonds. The highest BCUT2D eigenvalue weighted by Gasteiger charge is 2.32. The molecule has 0 N–H and O–H groups in total. The van der Waals surface area contributed by atoms with Crippen LogP contribution in [0.5, 0.6) is 0 Å². The Bertz CT molecular complexity index is 423. The summed E-state index contributed by atoms with van der Waals surface area (Å²) in [7, 11) is 1.57. The van der Waals surface area contributed by atoms with Crippen LogP contribution >= 0.6 is 15.9 Å². The van der Waals surface area contributed by atoms with Gasteiger partial charge in [-0.2, -0.15) is 0 Å². The monoisotopic (exact) mass is 289 g/mol. The zero-order valence-corrected chi connectivity index (χ0v) is 10.2. The number of hydrogen-bond donors (Lipinski definition) is 0. The minimum Gasteiger partial charge on any atom is -0.339 e. The topological polar surface area (TPSA) is 20.3 Å². The molecular formula is C11H10BrF2NO. The van der Waals surface area contributed by atoms with E-state index in [-0.39, 0.29) is 10.5 Å². The van der Waals surface area contributed by atoms with E-state index in [1.165, 1.54) is 4.90 Å². The van der Waals surface area contributed by atoms with Gasteiger partial charge in [0.1, 0.15) is 17.2 Å². The van der Waals surface area contributed by atoms with Gasteiger partial charge in [0.2, 0.25) is 0 Å². The van der Waals surface area contributed by atoms with Crippen molar-refractivity contribution in [3.8, 4) is 0 Å². The number of carbonyl (C=O) groups excluding carboxylic acids is 1. The van der Waals surface area contributed by atoms with Crippen LogP contribution in [0.3, 0.4) is 0 Å². The van der Waals surface area contributed by atoms with Gasteiger partial charge in [0.15, 0.2) is 0 Å². The number of rotatable bonds is 2. The number of benzene rings is 1. The van der Waals surface area contributed by atoms with E-state index >= 15 is 0 Å². The Morgan fingerprint density at radius 3 is 2.31 bits per heavy atom. The summed E-state index contributed by atoms with van der Waals surface area (Å²) >= 11 is 2.97. The summed E-state index contributed by atoms with van der Waals surface area (Å²) in [6.45, 7) is 0. The first-order valence-corrected chi connectivity index (χ1v) is 5.71. The minimum atomic E-state index is -0.829. The van der Waals surface area contributed by atoms with Crippen molar-refractivity contribution >= 4 is 21.8 Å². The first-order valence-electron chi connectivity index (χ1n) is 4.92. The van der Waals surface area contributed by atoms with E-state index in [4.69, 9.17) is 0 Å². The van der Waals surface area contributed by atoms with Gasteiger partial charge in [0, 0.05) is 17.6 Å². The summed E-state index contributed by atoms with van der Waals surface area (Å²) in [6.07, 6.45) is 1.81. The Morgan fingerprint density at radius 1 is 1.38 bits per heavy atom. The maximum Gasteiger partial charge on any atom is 0.259 e. The molecule has 1 aliphatic carbocycles. The molecule has 0 radical (unpaired) electrons. The highest BCUT2D eigenvalue weighted by atomic mass is 79.9. The largest absolute Gasteiger partial charge is 0.339 e. The molecule has 0 heterocycles. The first-order chi connectivity index (χ1) is 7.50. The Balaban J connectivity index is 2.35. The highest BCUT2D eigenvalue weighted by molar-refractivity contribution is 9.10. The average Bonchev–Trinajstić information content (AvgIpc) is 2.97. The van der Waals surface area contributed by atoms with E-state index in [1.807, 2.05) is 0 Å². The molecule has 0 aliphatic heterocycles. The van der Waals surface area contributed by atoms with Crippen LogP contribution in [0, 0.1) is 11.6 Å². The lowest BCUT2D eigenvalue weighted by atomic mass is 10.1. The van der Waals surface area contributed by atoms with Crippen LogP contribution < -0.4 is 0 Å². The summed E-state index contributed by atoms with van der Waals surface area (Å²) in [6, 6.07) is 2.32. The Kier molecular flexibility index (Phi) is 2.97. The van der Waals surface area contributed by atoms with Gasteiger partial charge in [-0.15, -0.1) is 0 Å². The maximum absolute atomic E-state index is 13.5. The average molecular weight is 290 g/mol. The maximum atomic E-state index is 13.5. The molecule has 5 heteroatoms. The van der Waals surface area contributed by atoms with Gasteiger partial charge >= 0.3 is 0 Å². The van der Waals surface area contributed by atoms with Crippen molar-refractivity contribution in [3.05, 3.63) is 33.8 Å². The fraction of sp³-hybridized carbons (Fsp3) is 0.364. The van der Waals surface area contributed by atoms with Crippen molar-refractivity contribution in [1.29, 1.82) is 0 Å². The van der Waals surface area contributed by atoms with Crippen LogP contribution in [0.4, 0.5) is 8.78 Å². The molecule has 1 aliphatic rings. The van der Waals surface area contributed by atoms with Crippen LogP contribution in [0.1, 0.15) is 23.2 Å². The quantitative estimate of drug-likeness (QED) is 0.820. The molecule has 1 aromatic rings. The second-order valence-electron chi connectivity index (χ2n) is 3.89. The number of carbonyl (C=O) groups is 1. The van der Waals surface area contributed by atoms with Crippen molar-refractivity contribution in [2.45, 2.75) is 18.9 Å². The van der Waals surface area contributed by atoms with E-state index in [0.29, 0.717) is 0 Å². The predicted molar refractivity (Wildman–Crippen MR) is 59.2 cm³/mol. The zero-order valence-electron chi connectivity index (χ0n) is 8.64. The standard InChI is InChI=1S/C11H10BrF2NO/c1-15(7-2-3-7)11(16)10-8(13)4-6(12)5-9(10)14/h4-5,7H,2-3H2,1H3. The highest BCUT2D eigenvalue weighted by Crippen LogP contribution is 2.28. The van der Waals surface area contributed by atoms with E-state index in [0.717, 1.165) is 25.0 Å². The second kappa shape index (κ2) is 4.13. The summed E-state index contributed by atoms with van der Waals surface area (Å²) in [5.41, 5.74) is -0.474. The molecule has 1 aromatic carbocycles. The molecular weight excluding hydrogens is 280 g/mol. The Labute approximate surface area is 100 Å². The second-order valence-corrected chi connectivity index (χ2v) is 4.81. The molecule has 2 rings (SSSR count). The van der Waals surface area contributed by atoms with Crippen LogP contribution in [0.25, 0.3) is 0 Å². The van der Waals surface area contributed by atoms with E-state index < -0.39 is 23.1 Å². The third-order valence-corrected chi connectivity index (χ3v) is 3.09. The number of nitrogens with zero attached hydrogens (tertiary/aromatic N) is 1. The summed E-state index contributed by atoms with van der Waals surface area (Å²) < 4.78 is 27.3. The fourth-order valence-corrected chi connectivity index (χ4v) is 1.95. The lowest BCUT2D eigenvalue weighted by molar-refractivity contribution is 0.0775. The smallest absolute Gasteiger partial charge is 0.259 e. The Morgan fingerprint density at radius 2 is 1.88 bits per heavy atom. The summed E-state index contributed by atoms with van der Waals surface area (Å²) in [5, 5.41) is 0. The predicted octanol–water partition coefficient (Wildman–Crippen LogP) is 2.96. The molecule has 86 valence electrons. The van der Waals surface area contributed by atoms with Gasteiger partial charge in [-0.3, -0.25) is 4.79 Å². The molecule has 0 atom stereocenters. The molecule has 0 bridgehead atoms. The van der Waals surface area contributed by atoms with Crippen LogP contribution in [-0.2, 0) is 0 Å². The first kappa shape index (κ1) is 11.5. The Hall–Kier alpha value is -0.970. The molecule has 1 saturated carbocycles. The van der Waals surface area contributed by atoms with Gasteiger partial charge in [-0.1, -0.05) is 15.9 Å².